The van der Waals surface area contributed by atoms with Crippen molar-refractivity contribution in [1.82, 2.24) is 10.3 Å². The summed E-state index contributed by atoms with van der Waals surface area (Å²) in [6, 6.07) is 8.85. The Bertz CT molecular complexity index is 468. The Hall–Kier alpha value is -0.840. The third-order valence-corrected chi connectivity index (χ3v) is 4.63. The fourth-order valence-corrected chi connectivity index (χ4v) is 3.38. The average molecular weight is 278 g/mol. The number of hydrogen-bond donors (Lipinski definition) is 1. The highest BCUT2D eigenvalue weighted by molar-refractivity contribution is 8.01. The third-order valence-electron chi connectivity index (χ3n) is 2.66. The molecule has 1 N–H and O–H groups in total. The van der Waals surface area contributed by atoms with Crippen molar-refractivity contribution in [2.45, 2.75) is 35.5 Å². The van der Waals surface area contributed by atoms with Crippen LogP contribution >= 0.6 is 23.1 Å². The number of nitrogens with one attached hydrogen (secondary N) is 1. The molecule has 4 heteroatoms. The average Bonchev–Trinajstić information content (AvgIpc) is 2.89. The molecule has 1 unspecified atom stereocenters. The summed E-state index contributed by atoms with van der Waals surface area (Å²) in [6.07, 6.45) is 3.06. The molecule has 2 heterocycles. The van der Waals surface area contributed by atoms with E-state index >= 15 is 0 Å². The Morgan fingerprint density at radius 2 is 2.33 bits per heavy atom. The molecule has 0 aliphatic heterocycles. The number of hydrogen-bond acceptors (Lipinski definition) is 4. The van der Waals surface area contributed by atoms with Gasteiger partial charge in [0.25, 0.3) is 0 Å². The van der Waals surface area contributed by atoms with Crippen molar-refractivity contribution in [1.29, 1.82) is 0 Å². The molecule has 0 amide bonds. The Labute approximate surface area is 117 Å². The molecule has 0 saturated heterocycles. The molecule has 2 aromatic heterocycles. The third kappa shape index (κ3) is 3.83. The van der Waals surface area contributed by atoms with E-state index in [0.717, 1.165) is 18.0 Å². The molecular weight excluding hydrogens is 260 g/mol. The normalized spacial score (nSPS) is 12.6. The van der Waals surface area contributed by atoms with Crippen LogP contribution < -0.4 is 5.32 Å². The molecule has 0 bridgehead atoms. The van der Waals surface area contributed by atoms with Crippen LogP contribution in [-0.2, 0) is 0 Å². The van der Waals surface area contributed by atoms with Crippen LogP contribution in [0.5, 0.6) is 0 Å². The van der Waals surface area contributed by atoms with E-state index in [-0.39, 0.29) is 0 Å². The van der Waals surface area contributed by atoms with Crippen molar-refractivity contribution < 1.29 is 0 Å². The molecule has 0 aromatic carbocycles. The summed E-state index contributed by atoms with van der Waals surface area (Å²) < 4.78 is 1.29. The zero-order chi connectivity index (χ0) is 12.8. The standard InChI is InChI=1S/C14H18N2S2/c1-3-7-15-11(2)12-6-8-16-13(10-12)18-14-5-4-9-17-14/h4-6,8-11,15H,3,7H2,1-2H3. The van der Waals surface area contributed by atoms with Crippen molar-refractivity contribution in [3.63, 3.8) is 0 Å². The minimum Gasteiger partial charge on any atom is -0.310 e. The van der Waals surface area contributed by atoms with Gasteiger partial charge in [-0.05, 0) is 49.0 Å². The van der Waals surface area contributed by atoms with E-state index in [1.165, 1.54) is 9.77 Å². The van der Waals surface area contributed by atoms with E-state index in [9.17, 15) is 0 Å². The minimum absolute atomic E-state index is 0.385. The van der Waals surface area contributed by atoms with Crippen LogP contribution in [0.25, 0.3) is 0 Å². The lowest BCUT2D eigenvalue weighted by Gasteiger charge is -2.13. The predicted molar refractivity (Wildman–Crippen MR) is 79.4 cm³/mol. The van der Waals surface area contributed by atoms with Gasteiger partial charge in [0.05, 0.1) is 4.21 Å². The topological polar surface area (TPSA) is 24.9 Å². The highest BCUT2D eigenvalue weighted by atomic mass is 32.2. The van der Waals surface area contributed by atoms with Crippen LogP contribution in [0.15, 0.2) is 45.1 Å². The van der Waals surface area contributed by atoms with E-state index in [2.05, 4.69) is 53.8 Å². The van der Waals surface area contributed by atoms with Gasteiger partial charge in [-0.2, -0.15) is 0 Å². The summed E-state index contributed by atoms with van der Waals surface area (Å²) in [6.45, 7) is 5.44. The molecule has 0 aliphatic carbocycles. The zero-order valence-corrected chi connectivity index (χ0v) is 12.4. The maximum absolute atomic E-state index is 4.42. The van der Waals surface area contributed by atoms with Gasteiger partial charge in [-0.1, -0.05) is 24.8 Å². The lowest BCUT2D eigenvalue weighted by molar-refractivity contribution is 0.569. The van der Waals surface area contributed by atoms with Crippen molar-refractivity contribution >= 4 is 23.1 Å². The van der Waals surface area contributed by atoms with Gasteiger partial charge in [0, 0.05) is 12.2 Å². The summed E-state index contributed by atoms with van der Waals surface area (Å²) >= 11 is 3.48. The van der Waals surface area contributed by atoms with E-state index < -0.39 is 0 Å². The van der Waals surface area contributed by atoms with Crippen LogP contribution in [0.3, 0.4) is 0 Å². The predicted octanol–water partition coefficient (Wildman–Crippen LogP) is 4.35. The van der Waals surface area contributed by atoms with Crippen LogP contribution in [0.4, 0.5) is 0 Å². The molecule has 18 heavy (non-hydrogen) atoms. The summed E-state index contributed by atoms with van der Waals surface area (Å²) in [5.74, 6) is 0. The second-order valence-corrected chi connectivity index (χ2v) is 6.41. The zero-order valence-electron chi connectivity index (χ0n) is 10.7. The second kappa shape index (κ2) is 6.92. The van der Waals surface area contributed by atoms with E-state index in [1.807, 2.05) is 6.20 Å². The first-order valence-corrected chi connectivity index (χ1v) is 7.90. The minimum atomic E-state index is 0.385. The smallest absolute Gasteiger partial charge is 0.102 e. The maximum Gasteiger partial charge on any atom is 0.102 e. The molecule has 2 nitrogen and oxygen atoms in total. The van der Waals surface area contributed by atoms with Crippen molar-refractivity contribution in [3.8, 4) is 0 Å². The van der Waals surface area contributed by atoms with Crippen LogP contribution in [-0.4, -0.2) is 11.5 Å². The highest BCUT2D eigenvalue weighted by Crippen LogP contribution is 2.30. The molecule has 96 valence electrons. The first kappa shape index (κ1) is 13.6. The second-order valence-electron chi connectivity index (χ2n) is 4.14. The highest BCUT2D eigenvalue weighted by Gasteiger charge is 2.06. The number of pyridine rings is 1. The van der Waals surface area contributed by atoms with Gasteiger partial charge >= 0.3 is 0 Å². The number of rotatable bonds is 6. The number of thiophene rings is 1. The number of aromatic nitrogens is 1. The van der Waals surface area contributed by atoms with E-state index in [1.54, 1.807) is 23.1 Å². The summed E-state index contributed by atoms with van der Waals surface area (Å²) in [4.78, 5) is 4.42. The van der Waals surface area contributed by atoms with Gasteiger partial charge < -0.3 is 5.32 Å². The summed E-state index contributed by atoms with van der Waals surface area (Å²) in [7, 11) is 0. The monoisotopic (exact) mass is 278 g/mol. The summed E-state index contributed by atoms with van der Waals surface area (Å²) in [5, 5.41) is 6.66. The van der Waals surface area contributed by atoms with Crippen LogP contribution in [0.1, 0.15) is 31.9 Å². The molecule has 2 aromatic rings. The Kier molecular flexibility index (Phi) is 5.23. The molecule has 0 fully saturated rings. The Morgan fingerprint density at radius 3 is 3.06 bits per heavy atom. The quantitative estimate of drug-likeness (QED) is 0.850. The maximum atomic E-state index is 4.42. The molecule has 0 radical (unpaired) electrons. The fourth-order valence-electron chi connectivity index (χ4n) is 1.65. The molecular formula is C14H18N2S2. The van der Waals surface area contributed by atoms with Gasteiger partial charge in [-0.3, -0.25) is 0 Å². The van der Waals surface area contributed by atoms with Gasteiger partial charge in [-0.15, -0.1) is 11.3 Å². The van der Waals surface area contributed by atoms with Crippen LogP contribution in [0.2, 0.25) is 0 Å². The van der Waals surface area contributed by atoms with Gasteiger partial charge in [0.15, 0.2) is 0 Å². The van der Waals surface area contributed by atoms with Gasteiger partial charge in [0.2, 0.25) is 0 Å². The molecule has 2 rings (SSSR count). The van der Waals surface area contributed by atoms with Gasteiger partial charge in [0.1, 0.15) is 5.03 Å². The SMILES string of the molecule is CCCNC(C)c1ccnc(Sc2cccs2)c1. The molecule has 0 saturated carbocycles. The molecule has 0 aliphatic rings. The van der Waals surface area contributed by atoms with E-state index in [0.29, 0.717) is 6.04 Å². The largest absolute Gasteiger partial charge is 0.310 e. The first-order chi connectivity index (χ1) is 8.79. The molecule has 0 spiro atoms. The van der Waals surface area contributed by atoms with E-state index in [4.69, 9.17) is 0 Å². The summed E-state index contributed by atoms with van der Waals surface area (Å²) in [5.41, 5.74) is 1.30. The molecule has 1 atom stereocenters. The van der Waals surface area contributed by atoms with Crippen molar-refractivity contribution in [3.05, 3.63) is 41.4 Å². The van der Waals surface area contributed by atoms with Crippen LogP contribution in [0, 0.1) is 0 Å². The Balaban J connectivity index is 2.05. The van der Waals surface area contributed by atoms with Crippen molar-refractivity contribution in [2.24, 2.45) is 0 Å². The van der Waals surface area contributed by atoms with Crippen molar-refractivity contribution in [2.75, 3.05) is 6.54 Å². The lowest BCUT2D eigenvalue weighted by atomic mass is 10.1. The Morgan fingerprint density at radius 1 is 1.44 bits per heavy atom. The van der Waals surface area contributed by atoms with Gasteiger partial charge in [-0.25, -0.2) is 4.98 Å². The fraction of sp³-hybridized carbons (Fsp3) is 0.357. The first-order valence-electron chi connectivity index (χ1n) is 6.20. The lowest BCUT2D eigenvalue weighted by Crippen LogP contribution is -2.19. The number of nitrogens with zero attached hydrogens (tertiary/aromatic N) is 1.